The maximum absolute atomic E-state index is 11.8. The Morgan fingerprint density at radius 1 is 1.31 bits per heavy atom. The molecule has 0 aliphatic heterocycles. The summed E-state index contributed by atoms with van der Waals surface area (Å²) < 4.78 is 5.30. The monoisotopic (exact) mass is 226 g/mol. The van der Waals surface area contributed by atoms with Crippen LogP contribution < -0.4 is 0 Å². The zero-order valence-electron chi connectivity index (χ0n) is 10.7. The molecule has 92 valence electrons. The minimum absolute atomic E-state index is 0.232. The Balaban J connectivity index is 2.46. The van der Waals surface area contributed by atoms with Crippen molar-refractivity contribution in [2.75, 3.05) is 0 Å². The molecular weight excluding hydrogens is 204 g/mol. The number of esters is 1. The van der Waals surface area contributed by atoms with Gasteiger partial charge in [-0.25, -0.2) is 0 Å². The third kappa shape index (κ3) is 4.33. The maximum Gasteiger partial charge on any atom is 0.309 e. The van der Waals surface area contributed by atoms with Crippen molar-refractivity contribution in [3.63, 3.8) is 0 Å². The van der Waals surface area contributed by atoms with Gasteiger partial charge >= 0.3 is 5.97 Å². The molecule has 1 aliphatic rings. The van der Waals surface area contributed by atoms with Gasteiger partial charge in [-0.15, -0.1) is 0 Å². The molecule has 0 saturated heterocycles. The predicted octanol–water partition coefficient (Wildman–Crippen LogP) is 2.72. The second kappa shape index (κ2) is 4.98. The summed E-state index contributed by atoms with van der Waals surface area (Å²) in [6, 6.07) is 0. The standard InChI is InChI=1S/C13H22O3/c1-5-9(8-11(14)10-6-7-10)12(15)16-13(2,3)4/h9-10H,5-8H2,1-4H3. The maximum atomic E-state index is 11.8. The molecule has 3 nitrogen and oxygen atoms in total. The number of ketones is 1. The fourth-order valence-corrected chi connectivity index (χ4v) is 1.59. The van der Waals surface area contributed by atoms with Gasteiger partial charge in [0.05, 0.1) is 5.92 Å². The van der Waals surface area contributed by atoms with E-state index in [-0.39, 0.29) is 23.6 Å². The highest BCUT2D eigenvalue weighted by atomic mass is 16.6. The molecule has 0 aromatic heterocycles. The van der Waals surface area contributed by atoms with Gasteiger partial charge in [-0.05, 0) is 40.0 Å². The molecule has 1 fully saturated rings. The van der Waals surface area contributed by atoms with Crippen molar-refractivity contribution in [1.82, 2.24) is 0 Å². The smallest absolute Gasteiger partial charge is 0.309 e. The van der Waals surface area contributed by atoms with Crippen LogP contribution in [0.3, 0.4) is 0 Å². The molecule has 0 amide bonds. The van der Waals surface area contributed by atoms with Gasteiger partial charge in [0.15, 0.2) is 0 Å². The molecule has 16 heavy (non-hydrogen) atoms. The summed E-state index contributed by atoms with van der Waals surface area (Å²) in [5.74, 6) is -0.0227. The van der Waals surface area contributed by atoms with Crippen molar-refractivity contribution in [2.45, 2.75) is 59.0 Å². The van der Waals surface area contributed by atoms with Gasteiger partial charge < -0.3 is 4.74 Å². The Labute approximate surface area is 97.5 Å². The van der Waals surface area contributed by atoms with E-state index in [1.807, 2.05) is 27.7 Å². The number of hydrogen-bond acceptors (Lipinski definition) is 3. The molecule has 0 bridgehead atoms. The van der Waals surface area contributed by atoms with Crippen molar-refractivity contribution in [3.05, 3.63) is 0 Å². The van der Waals surface area contributed by atoms with Crippen molar-refractivity contribution in [2.24, 2.45) is 11.8 Å². The average Bonchev–Trinajstić information content (AvgIpc) is 2.93. The Kier molecular flexibility index (Phi) is 4.11. The topological polar surface area (TPSA) is 43.4 Å². The molecule has 0 heterocycles. The lowest BCUT2D eigenvalue weighted by Crippen LogP contribution is -2.29. The Morgan fingerprint density at radius 2 is 1.88 bits per heavy atom. The predicted molar refractivity (Wildman–Crippen MR) is 62.0 cm³/mol. The largest absolute Gasteiger partial charge is 0.460 e. The quantitative estimate of drug-likeness (QED) is 0.677. The lowest BCUT2D eigenvalue weighted by molar-refractivity contribution is -0.161. The van der Waals surface area contributed by atoms with Crippen LogP contribution in [0.25, 0.3) is 0 Å². The van der Waals surface area contributed by atoms with Crippen molar-refractivity contribution >= 4 is 11.8 Å². The van der Waals surface area contributed by atoms with E-state index in [9.17, 15) is 9.59 Å². The summed E-state index contributed by atoms with van der Waals surface area (Å²) in [6.45, 7) is 7.47. The summed E-state index contributed by atoms with van der Waals surface area (Å²) in [6.07, 6.45) is 3.04. The van der Waals surface area contributed by atoms with Gasteiger partial charge in [0, 0.05) is 12.3 Å². The average molecular weight is 226 g/mol. The van der Waals surface area contributed by atoms with Crippen LogP contribution in [-0.4, -0.2) is 17.4 Å². The van der Waals surface area contributed by atoms with E-state index in [1.54, 1.807) is 0 Å². The lowest BCUT2D eigenvalue weighted by atomic mass is 9.97. The summed E-state index contributed by atoms with van der Waals surface area (Å²) in [4.78, 5) is 23.4. The highest BCUT2D eigenvalue weighted by Gasteiger charge is 2.33. The van der Waals surface area contributed by atoms with E-state index < -0.39 is 5.60 Å². The van der Waals surface area contributed by atoms with Crippen molar-refractivity contribution in [3.8, 4) is 0 Å². The second-order valence-electron chi connectivity index (χ2n) is 5.58. The van der Waals surface area contributed by atoms with Crippen molar-refractivity contribution < 1.29 is 14.3 Å². The number of carbonyl (C=O) groups excluding carboxylic acids is 2. The van der Waals surface area contributed by atoms with Crippen LogP contribution in [0, 0.1) is 11.8 Å². The minimum atomic E-state index is -0.465. The van der Waals surface area contributed by atoms with Gasteiger partial charge in [0.25, 0.3) is 0 Å². The van der Waals surface area contributed by atoms with Crippen LogP contribution in [0.15, 0.2) is 0 Å². The number of hydrogen-bond donors (Lipinski definition) is 0. The first-order valence-corrected chi connectivity index (χ1v) is 6.09. The third-order valence-corrected chi connectivity index (χ3v) is 2.71. The van der Waals surface area contributed by atoms with Crippen LogP contribution in [0.4, 0.5) is 0 Å². The molecule has 0 aromatic rings. The van der Waals surface area contributed by atoms with Gasteiger partial charge in [-0.3, -0.25) is 9.59 Å². The minimum Gasteiger partial charge on any atom is -0.460 e. The first kappa shape index (κ1) is 13.2. The molecule has 3 heteroatoms. The van der Waals surface area contributed by atoms with E-state index >= 15 is 0 Å². The zero-order valence-corrected chi connectivity index (χ0v) is 10.7. The van der Waals surface area contributed by atoms with E-state index in [1.165, 1.54) is 0 Å². The van der Waals surface area contributed by atoms with Gasteiger partial charge in [-0.1, -0.05) is 6.92 Å². The molecule has 0 aromatic carbocycles. The Morgan fingerprint density at radius 3 is 2.25 bits per heavy atom. The fourth-order valence-electron chi connectivity index (χ4n) is 1.59. The molecule has 0 radical (unpaired) electrons. The Hall–Kier alpha value is -0.860. The van der Waals surface area contributed by atoms with Crippen LogP contribution in [0.1, 0.15) is 53.4 Å². The number of rotatable bonds is 5. The number of Topliss-reactive ketones (excluding diaryl/α,β-unsaturated/α-hetero) is 1. The van der Waals surface area contributed by atoms with Gasteiger partial charge in [0.2, 0.25) is 0 Å². The summed E-state index contributed by atoms with van der Waals surface area (Å²) in [7, 11) is 0. The first-order valence-electron chi connectivity index (χ1n) is 6.09. The lowest BCUT2D eigenvalue weighted by Gasteiger charge is -2.23. The highest BCUT2D eigenvalue weighted by Crippen LogP contribution is 2.32. The molecular formula is C13H22O3. The molecule has 1 rings (SSSR count). The molecule has 1 saturated carbocycles. The van der Waals surface area contributed by atoms with Gasteiger partial charge in [0.1, 0.15) is 11.4 Å². The Bertz CT molecular complexity index is 271. The number of ether oxygens (including phenoxy) is 1. The molecule has 0 N–H and O–H groups in total. The van der Waals surface area contributed by atoms with Crippen LogP contribution in [-0.2, 0) is 14.3 Å². The molecule has 1 unspecified atom stereocenters. The third-order valence-electron chi connectivity index (χ3n) is 2.71. The summed E-state index contributed by atoms with van der Waals surface area (Å²) in [5.41, 5.74) is -0.465. The number of carbonyl (C=O) groups is 2. The van der Waals surface area contributed by atoms with Crippen LogP contribution in [0.5, 0.6) is 0 Å². The van der Waals surface area contributed by atoms with E-state index in [4.69, 9.17) is 4.74 Å². The van der Waals surface area contributed by atoms with Crippen LogP contribution in [0.2, 0.25) is 0 Å². The van der Waals surface area contributed by atoms with E-state index in [0.717, 1.165) is 12.8 Å². The second-order valence-corrected chi connectivity index (χ2v) is 5.58. The SMILES string of the molecule is CCC(CC(=O)C1CC1)C(=O)OC(C)(C)C. The first-order chi connectivity index (χ1) is 7.33. The summed E-state index contributed by atoms with van der Waals surface area (Å²) >= 11 is 0. The molecule has 1 aliphatic carbocycles. The molecule has 0 spiro atoms. The van der Waals surface area contributed by atoms with E-state index in [2.05, 4.69) is 0 Å². The normalized spacial score (nSPS) is 18.0. The van der Waals surface area contributed by atoms with Crippen LogP contribution >= 0.6 is 0 Å². The van der Waals surface area contributed by atoms with Crippen molar-refractivity contribution in [1.29, 1.82) is 0 Å². The highest BCUT2D eigenvalue weighted by molar-refractivity contribution is 5.87. The molecule has 1 atom stereocenters. The fraction of sp³-hybridized carbons (Fsp3) is 0.846. The van der Waals surface area contributed by atoms with E-state index in [0.29, 0.717) is 12.8 Å². The van der Waals surface area contributed by atoms with Gasteiger partial charge in [-0.2, -0.15) is 0 Å². The summed E-state index contributed by atoms with van der Waals surface area (Å²) in [5, 5.41) is 0. The zero-order chi connectivity index (χ0) is 12.3.